The summed E-state index contributed by atoms with van der Waals surface area (Å²) in [7, 11) is 1.53. The summed E-state index contributed by atoms with van der Waals surface area (Å²) in [6.45, 7) is 2.07. The minimum atomic E-state index is -1.83. The van der Waals surface area contributed by atoms with Crippen LogP contribution in [0.1, 0.15) is 60.8 Å². The van der Waals surface area contributed by atoms with E-state index in [1.54, 1.807) is 104 Å². The van der Waals surface area contributed by atoms with Crippen molar-refractivity contribution in [3.63, 3.8) is 0 Å². The maximum atomic E-state index is 14.1. The molecule has 66 heavy (non-hydrogen) atoms. The Morgan fingerprint density at radius 1 is 0.530 bits per heavy atom. The Morgan fingerprint density at radius 3 is 1.48 bits per heavy atom. The highest BCUT2D eigenvalue weighted by molar-refractivity contribution is 5.91. The average Bonchev–Trinajstić information content (AvgIpc) is 3.34. The lowest BCUT2D eigenvalue weighted by Crippen LogP contribution is -2.66. The van der Waals surface area contributed by atoms with Crippen LogP contribution in [-0.2, 0) is 54.0 Å². The summed E-state index contributed by atoms with van der Waals surface area (Å²) in [6.07, 6.45) is -15.4. The van der Waals surface area contributed by atoms with Gasteiger partial charge in [-0.25, -0.2) is 19.2 Å². The Balaban J connectivity index is 1.33. The van der Waals surface area contributed by atoms with Gasteiger partial charge in [-0.3, -0.25) is 4.79 Å². The lowest BCUT2D eigenvalue weighted by molar-refractivity contribution is -0.355. The van der Waals surface area contributed by atoms with Gasteiger partial charge in [0.2, 0.25) is 0 Å². The van der Waals surface area contributed by atoms with Gasteiger partial charge in [-0.05, 0) is 73.2 Å². The number of carbonyl (C=O) groups is 5. The van der Waals surface area contributed by atoms with Crippen molar-refractivity contribution in [3.05, 3.63) is 173 Å². The molecule has 0 radical (unpaired) electrons. The van der Waals surface area contributed by atoms with Crippen LogP contribution in [0.5, 0.6) is 5.75 Å². The van der Waals surface area contributed by atoms with Crippen LogP contribution in [0.25, 0.3) is 0 Å². The number of aliphatic hydroxyl groups is 1. The first-order valence-electron chi connectivity index (χ1n) is 21.1. The molecule has 2 heterocycles. The van der Waals surface area contributed by atoms with Crippen molar-refractivity contribution in [2.75, 3.05) is 13.7 Å². The van der Waals surface area contributed by atoms with Gasteiger partial charge in [0.05, 0.1) is 42.1 Å². The van der Waals surface area contributed by atoms with E-state index in [0.717, 1.165) is 6.92 Å². The van der Waals surface area contributed by atoms with Crippen molar-refractivity contribution in [3.8, 4) is 5.75 Å². The van der Waals surface area contributed by atoms with Crippen molar-refractivity contribution >= 4 is 29.8 Å². The topological polar surface area (TPSA) is 198 Å². The molecule has 344 valence electrons. The summed E-state index contributed by atoms with van der Waals surface area (Å²) in [5.41, 5.74) is 1.16. The fourth-order valence-electron chi connectivity index (χ4n) is 7.40. The van der Waals surface area contributed by atoms with Crippen LogP contribution in [0.3, 0.4) is 0 Å². The Labute approximate surface area is 380 Å². The van der Waals surface area contributed by atoms with E-state index in [1.807, 2.05) is 0 Å². The van der Waals surface area contributed by atoms with Crippen LogP contribution < -0.4 is 4.74 Å². The molecule has 2 fully saturated rings. The van der Waals surface area contributed by atoms with Crippen LogP contribution in [0.15, 0.2) is 146 Å². The van der Waals surface area contributed by atoms with Gasteiger partial charge in [0.15, 0.2) is 37.0 Å². The Morgan fingerprint density at radius 2 is 1.00 bits per heavy atom. The second-order valence-corrected chi connectivity index (χ2v) is 15.2. The number of aliphatic hydroxyl groups excluding tert-OH is 1. The zero-order valence-corrected chi connectivity index (χ0v) is 36.1. The van der Waals surface area contributed by atoms with Crippen molar-refractivity contribution < 1.29 is 76.4 Å². The first-order valence-corrected chi connectivity index (χ1v) is 21.1. The van der Waals surface area contributed by atoms with E-state index in [-0.39, 0.29) is 28.9 Å². The molecule has 5 aromatic carbocycles. The van der Waals surface area contributed by atoms with Gasteiger partial charge in [0.25, 0.3) is 0 Å². The third-order valence-electron chi connectivity index (χ3n) is 10.7. The monoisotopic (exact) mass is 904 g/mol. The fraction of sp³-hybridized carbons (Fsp3) is 0.300. The molecule has 10 atom stereocenters. The summed E-state index contributed by atoms with van der Waals surface area (Å²) in [6, 6.07) is 38.8. The predicted octanol–water partition coefficient (Wildman–Crippen LogP) is 5.89. The lowest BCUT2D eigenvalue weighted by Gasteiger charge is -2.48. The molecule has 0 spiro atoms. The van der Waals surface area contributed by atoms with Gasteiger partial charge in [0.1, 0.15) is 30.7 Å². The zero-order valence-electron chi connectivity index (χ0n) is 36.1. The second kappa shape index (κ2) is 22.3. The normalized spacial score (nSPS) is 24.8. The highest BCUT2D eigenvalue weighted by atomic mass is 16.8. The number of hydrogen-bond donors (Lipinski definition) is 1. The molecule has 2 aliphatic heterocycles. The summed E-state index contributed by atoms with van der Waals surface area (Å²) in [5, 5.41) is 11.3. The molecule has 0 aromatic heterocycles. The van der Waals surface area contributed by atoms with Crippen LogP contribution in [0.2, 0.25) is 0 Å². The van der Waals surface area contributed by atoms with Gasteiger partial charge < -0.3 is 52.5 Å². The summed E-state index contributed by atoms with van der Waals surface area (Å²) in [4.78, 5) is 68.3. The zero-order chi connectivity index (χ0) is 46.6. The van der Waals surface area contributed by atoms with Gasteiger partial charge >= 0.3 is 29.8 Å². The third kappa shape index (κ3) is 11.8. The molecule has 5 aromatic rings. The standard InChI is InChI=1S/C50H48O16/c1-30-39(58-28-32-24-26-37(57-3)27-25-32)41(43(49(56)60-30)61-31(2)51)66-50-44(65-48(55)36-22-14-7-15-23-36)42(64-47(54)35-20-12-6-13-21-35)40(63-46(53)34-18-10-5-11-19-34)38(62-50)29-59-45(52)33-16-8-4-9-17-33/h4-27,30,38-44,49-50,56H,28-29H2,1-3H3/t30-,38+,39-,40-,41+,42-,43+,44+,49+,50-/m0/s1. The molecule has 1 N–H and O–H groups in total. The molecule has 7 rings (SSSR count). The van der Waals surface area contributed by atoms with Crippen molar-refractivity contribution in [2.45, 2.75) is 81.9 Å². The lowest BCUT2D eigenvalue weighted by atomic mass is 9.96. The molecule has 2 saturated heterocycles. The second-order valence-electron chi connectivity index (χ2n) is 15.2. The Bertz CT molecular complexity index is 2380. The van der Waals surface area contributed by atoms with E-state index in [9.17, 15) is 29.1 Å². The number of hydrogen-bond acceptors (Lipinski definition) is 16. The van der Waals surface area contributed by atoms with Gasteiger partial charge in [-0.15, -0.1) is 0 Å². The maximum Gasteiger partial charge on any atom is 0.338 e. The molecule has 0 bridgehead atoms. The molecule has 2 aliphatic rings. The van der Waals surface area contributed by atoms with Crippen LogP contribution in [-0.4, -0.2) is 110 Å². The maximum absolute atomic E-state index is 14.1. The minimum Gasteiger partial charge on any atom is -0.497 e. The SMILES string of the molecule is COc1ccc(CO[C@@H]2[C@@H](O[C@@H]3O[C@H](COC(=O)c4ccccc4)[C@H](OC(=O)c4ccccc4)[C@H](OC(=O)c4ccccc4)[C@H]3OC(=O)c3ccccc3)[C@@H](OC(C)=O)[C@H](O)O[C@H]2C)cc1. The first kappa shape index (κ1) is 47.0. The van der Waals surface area contributed by atoms with E-state index >= 15 is 0 Å². The number of carbonyl (C=O) groups excluding carboxylic acids is 5. The Hall–Kier alpha value is -6.95. The summed E-state index contributed by atoms with van der Waals surface area (Å²) < 4.78 is 60.7. The van der Waals surface area contributed by atoms with Crippen molar-refractivity contribution in [1.82, 2.24) is 0 Å². The first-order chi connectivity index (χ1) is 32.0. The van der Waals surface area contributed by atoms with Crippen LogP contribution >= 0.6 is 0 Å². The molecule has 0 unspecified atom stereocenters. The van der Waals surface area contributed by atoms with E-state index in [0.29, 0.717) is 11.3 Å². The molecule has 0 amide bonds. The number of esters is 5. The highest BCUT2D eigenvalue weighted by Crippen LogP contribution is 2.36. The summed E-state index contributed by atoms with van der Waals surface area (Å²) >= 11 is 0. The molecular formula is C50H48O16. The van der Waals surface area contributed by atoms with E-state index in [1.165, 1.54) is 55.6 Å². The van der Waals surface area contributed by atoms with Gasteiger partial charge in [0, 0.05) is 6.92 Å². The Kier molecular flexibility index (Phi) is 15.9. The van der Waals surface area contributed by atoms with E-state index < -0.39 is 97.9 Å². The average molecular weight is 905 g/mol. The van der Waals surface area contributed by atoms with Crippen LogP contribution in [0.4, 0.5) is 0 Å². The molecule has 16 heteroatoms. The number of rotatable bonds is 16. The van der Waals surface area contributed by atoms with E-state index in [2.05, 4.69) is 0 Å². The van der Waals surface area contributed by atoms with Crippen molar-refractivity contribution in [1.29, 1.82) is 0 Å². The smallest absolute Gasteiger partial charge is 0.338 e. The molecule has 0 saturated carbocycles. The van der Waals surface area contributed by atoms with Crippen molar-refractivity contribution in [2.24, 2.45) is 0 Å². The largest absolute Gasteiger partial charge is 0.497 e. The quantitative estimate of drug-likeness (QED) is 0.0907. The summed E-state index contributed by atoms with van der Waals surface area (Å²) in [5.74, 6) is -3.72. The number of ether oxygens (including phenoxy) is 10. The minimum absolute atomic E-state index is 0.0318. The van der Waals surface area contributed by atoms with Gasteiger partial charge in [-0.1, -0.05) is 84.9 Å². The van der Waals surface area contributed by atoms with Gasteiger partial charge in [-0.2, -0.15) is 0 Å². The van der Waals surface area contributed by atoms with E-state index in [4.69, 9.17) is 47.4 Å². The third-order valence-corrected chi connectivity index (χ3v) is 10.7. The molecule has 16 nitrogen and oxygen atoms in total. The predicted molar refractivity (Wildman–Crippen MR) is 231 cm³/mol. The van der Waals surface area contributed by atoms with Crippen LogP contribution in [0, 0.1) is 0 Å². The number of methoxy groups -OCH3 is 1. The fourth-order valence-corrected chi connectivity index (χ4v) is 7.40. The molecular weight excluding hydrogens is 857 g/mol. The number of benzene rings is 5. The molecule has 0 aliphatic carbocycles. The highest BCUT2D eigenvalue weighted by Gasteiger charge is 2.57.